The molecule has 2 heteroatoms. The summed E-state index contributed by atoms with van der Waals surface area (Å²) in [6.07, 6.45) is 4.01. The molecular weight excluding hydrogens is 160 g/mol. The average Bonchev–Trinajstić information content (AvgIpc) is 2.50. The number of nitrogens with zero attached hydrogens (tertiary/aromatic N) is 1. The summed E-state index contributed by atoms with van der Waals surface area (Å²) < 4.78 is 0. The molecular formula is C11H22N2. The molecule has 2 N–H and O–H groups in total. The van der Waals surface area contributed by atoms with Crippen LogP contribution in [0.1, 0.15) is 33.1 Å². The Bertz CT molecular complexity index is 185. The van der Waals surface area contributed by atoms with E-state index in [0.717, 1.165) is 18.4 Å². The molecule has 0 aromatic carbocycles. The van der Waals surface area contributed by atoms with E-state index in [1.165, 1.54) is 32.4 Å². The SMILES string of the molecule is CC(C)C1CC1(N)CN1CCCC1. The lowest BCUT2D eigenvalue weighted by atomic mass is 10.0. The van der Waals surface area contributed by atoms with Crippen LogP contribution in [0.15, 0.2) is 0 Å². The highest BCUT2D eigenvalue weighted by Gasteiger charge is 2.52. The molecule has 2 rings (SSSR count). The fraction of sp³-hybridized carbons (Fsp3) is 1.00. The van der Waals surface area contributed by atoms with Crippen molar-refractivity contribution in [3.63, 3.8) is 0 Å². The molecule has 0 aromatic rings. The van der Waals surface area contributed by atoms with Crippen LogP contribution in [0.5, 0.6) is 0 Å². The van der Waals surface area contributed by atoms with Gasteiger partial charge in [-0.1, -0.05) is 13.8 Å². The van der Waals surface area contributed by atoms with Crippen molar-refractivity contribution in [1.29, 1.82) is 0 Å². The van der Waals surface area contributed by atoms with E-state index < -0.39 is 0 Å². The molecule has 13 heavy (non-hydrogen) atoms. The van der Waals surface area contributed by atoms with Crippen molar-refractivity contribution in [2.24, 2.45) is 17.6 Å². The highest BCUT2D eigenvalue weighted by atomic mass is 15.2. The van der Waals surface area contributed by atoms with E-state index in [1.54, 1.807) is 0 Å². The summed E-state index contributed by atoms with van der Waals surface area (Å²) in [5.41, 5.74) is 6.51. The van der Waals surface area contributed by atoms with Crippen LogP contribution in [0.25, 0.3) is 0 Å². The maximum Gasteiger partial charge on any atom is 0.0318 e. The molecule has 2 aliphatic rings. The Morgan fingerprint density at radius 1 is 1.38 bits per heavy atom. The van der Waals surface area contributed by atoms with E-state index in [-0.39, 0.29) is 5.54 Å². The van der Waals surface area contributed by atoms with Gasteiger partial charge in [0.1, 0.15) is 0 Å². The van der Waals surface area contributed by atoms with E-state index in [4.69, 9.17) is 5.73 Å². The molecule has 0 radical (unpaired) electrons. The standard InChI is InChI=1S/C11H22N2/c1-9(2)10-7-11(10,12)8-13-5-3-4-6-13/h9-10H,3-8,12H2,1-2H3. The lowest BCUT2D eigenvalue weighted by Gasteiger charge is -2.21. The molecule has 2 atom stereocenters. The molecule has 2 unspecified atom stereocenters. The predicted molar refractivity (Wildman–Crippen MR) is 55.5 cm³/mol. The van der Waals surface area contributed by atoms with Gasteiger partial charge in [0.2, 0.25) is 0 Å². The third-order valence-corrected chi connectivity index (χ3v) is 3.70. The zero-order valence-electron chi connectivity index (χ0n) is 8.92. The zero-order valence-corrected chi connectivity index (χ0v) is 8.92. The molecule has 0 aromatic heterocycles. The molecule has 0 bridgehead atoms. The van der Waals surface area contributed by atoms with Gasteiger partial charge in [-0.3, -0.25) is 0 Å². The Kier molecular flexibility index (Phi) is 2.37. The van der Waals surface area contributed by atoms with Crippen LogP contribution in [0.2, 0.25) is 0 Å². The molecule has 1 heterocycles. The Labute approximate surface area is 81.5 Å². The van der Waals surface area contributed by atoms with Crippen molar-refractivity contribution in [1.82, 2.24) is 4.90 Å². The zero-order chi connectivity index (χ0) is 9.47. The van der Waals surface area contributed by atoms with Crippen molar-refractivity contribution in [2.45, 2.75) is 38.6 Å². The fourth-order valence-electron chi connectivity index (χ4n) is 2.79. The Balaban J connectivity index is 1.82. The van der Waals surface area contributed by atoms with Crippen molar-refractivity contribution in [3.05, 3.63) is 0 Å². The third kappa shape index (κ3) is 1.89. The van der Waals surface area contributed by atoms with E-state index in [1.807, 2.05) is 0 Å². The van der Waals surface area contributed by atoms with Gasteiger partial charge >= 0.3 is 0 Å². The van der Waals surface area contributed by atoms with Crippen LogP contribution < -0.4 is 5.73 Å². The smallest absolute Gasteiger partial charge is 0.0318 e. The first kappa shape index (κ1) is 9.47. The molecule has 0 spiro atoms. The highest BCUT2D eigenvalue weighted by Crippen LogP contribution is 2.46. The Morgan fingerprint density at radius 3 is 2.46 bits per heavy atom. The quantitative estimate of drug-likeness (QED) is 0.716. The summed E-state index contributed by atoms with van der Waals surface area (Å²) in [5, 5.41) is 0. The van der Waals surface area contributed by atoms with Gasteiger partial charge in [-0.05, 0) is 44.2 Å². The largest absolute Gasteiger partial charge is 0.324 e. The van der Waals surface area contributed by atoms with Gasteiger partial charge in [-0.25, -0.2) is 0 Å². The van der Waals surface area contributed by atoms with E-state index in [9.17, 15) is 0 Å². The second-order valence-electron chi connectivity index (χ2n) is 5.27. The number of hydrogen-bond donors (Lipinski definition) is 1. The molecule has 1 aliphatic heterocycles. The van der Waals surface area contributed by atoms with Gasteiger partial charge in [0.15, 0.2) is 0 Å². The van der Waals surface area contributed by atoms with Crippen molar-refractivity contribution in [3.8, 4) is 0 Å². The number of likely N-dealkylation sites (tertiary alicyclic amines) is 1. The second kappa shape index (κ2) is 3.25. The topological polar surface area (TPSA) is 29.3 Å². The van der Waals surface area contributed by atoms with Crippen LogP contribution in [0.4, 0.5) is 0 Å². The first-order valence-electron chi connectivity index (χ1n) is 5.63. The van der Waals surface area contributed by atoms with E-state index in [2.05, 4.69) is 18.7 Å². The van der Waals surface area contributed by atoms with Crippen LogP contribution in [0, 0.1) is 11.8 Å². The Morgan fingerprint density at radius 2 is 2.00 bits per heavy atom. The summed E-state index contributed by atoms with van der Waals surface area (Å²) in [6.45, 7) is 8.30. The highest BCUT2D eigenvalue weighted by molar-refractivity contribution is 5.10. The van der Waals surface area contributed by atoms with Crippen LogP contribution in [-0.4, -0.2) is 30.1 Å². The minimum absolute atomic E-state index is 0.179. The maximum absolute atomic E-state index is 6.33. The normalized spacial score (nSPS) is 40.2. The summed E-state index contributed by atoms with van der Waals surface area (Å²) in [4.78, 5) is 2.54. The average molecular weight is 182 g/mol. The van der Waals surface area contributed by atoms with Gasteiger partial charge in [0.25, 0.3) is 0 Å². The summed E-state index contributed by atoms with van der Waals surface area (Å²) in [5.74, 6) is 1.56. The van der Waals surface area contributed by atoms with Crippen LogP contribution >= 0.6 is 0 Å². The Hall–Kier alpha value is -0.0800. The number of hydrogen-bond acceptors (Lipinski definition) is 2. The number of nitrogens with two attached hydrogens (primary N) is 1. The van der Waals surface area contributed by atoms with Gasteiger partial charge in [-0.15, -0.1) is 0 Å². The lowest BCUT2D eigenvalue weighted by Crippen LogP contribution is -2.40. The van der Waals surface area contributed by atoms with Crippen molar-refractivity contribution in [2.75, 3.05) is 19.6 Å². The molecule has 1 saturated heterocycles. The fourth-order valence-corrected chi connectivity index (χ4v) is 2.79. The lowest BCUT2D eigenvalue weighted by molar-refractivity contribution is 0.287. The molecule has 2 nitrogen and oxygen atoms in total. The van der Waals surface area contributed by atoms with Gasteiger partial charge < -0.3 is 10.6 Å². The summed E-state index contributed by atoms with van der Waals surface area (Å²) >= 11 is 0. The first-order chi connectivity index (χ1) is 6.12. The monoisotopic (exact) mass is 182 g/mol. The molecule has 1 aliphatic carbocycles. The third-order valence-electron chi connectivity index (χ3n) is 3.70. The van der Waals surface area contributed by atoms with Crippen LogP contribution in [-0.2, 0) is 0 Å². The van der Waals surface area contributed by atoms with Crippen molar-refractivity contribution >= 4 is 0 Å². The maximum atomic E-state index is 6.33. The van der Waals surface area contributed by atoms with Gasteiger partial charge in [-0.2, -0.15) is 0 Å². The predicted octanol–water partition coefficient (Wildman–Crippen LogP) is 1.46. The van der Waals surface area contributed by atoms with Crippen LogP contribution in [0.3, 0.4) is 0 Å². The summed E-state index contributed by atoms with van der Waals surface area (Å²) in [6, 6.07) is 0. The molecule has 76 valence electrons. The van der Waals surface area contributed by atoms with E-state index in [0.29, 0.717) is 0 Å². The first-order valence-corrected chi connectivity index (χ1v) is 5.63. The minimum atomic E-state index is 0.179. The molecule has 0 amide bonds. The van der Waals surface area contributed by atoms with Gasteiger partial charge in [0.05, 0.1) is 0 Å². The number of rotatable bonds is 3. The second-order valence-corrected chi connectivity index (χ2v) is 5.27. The molecule has 1 saturated carbocycles. The summed E-state index contributed by atoms with van der Waals surface area (Å²) in [7, 11) is 0. The van der Waals surface area contributed by atoms with E-state index >= 15 is 0 Å². The molecule has 2 fully saturated rings. The van der Waals surface area contributed by atoms with Crippen molar-refractivity contribution < 1.29 is 0 Å². The minimum Gasteiger partial charge on any atom is -0.324 e. The van der Waals surface area contributed by atoms with Gasteiger partial charge in [0, 0.05) is 12.1 Å².